The predicted molar refractivity (Wildman–Crippen MR) is 85.3 cm³/mol. The summed E-state index contributed by atoms with van der Waals surface area (Å²) in [7, 11) is 3.36. The Bertz CT molecular complexity index is 267. The van der Waals surface area contributed by atoms with Crippen LogP contribution in [0.4, 0.5) is 0 Å². The first-order valence-corrected chi connectivity index (χ1v) is 8.49. The molecule has 0 aromatic carbocycles. The second kappa shape index (κ2) is 11.0. The fraction of sp³-hybridized carbons (Fsp3) is 0.941. The lowest BCUT2D eigenvalue weighted by Crippen LogP contribution is -2.41. The van der Waals surface area contributed by atoms with Crippen LogP contribution in [-0.4, -0.2) is 51.3 Å². The molecule has 1 fully saturated rings. The standard InChI is InChI=1S/C17H33NO3/c1-4-5-6-15-7-9-16(10-8-15)17(19)18(11-13-20-2)12-14-21-3/h15-16H,4-14H2,1-3H3. The van der Waals surface area contributed by atoms with Gasteiger partial charge in [-0.25, -0.2) is 0 Å². The first-order valence-electron chi connectivity index (χ1n) is 8.49. The summed E-state index contributed by atoms with van der Waals surface area (Å²) >= 11 is 0. The number of nitrogens with zero attached hydrogens (tertiary/aromatic N) is 1. The third kappa shape index (κ3) is 6.79. The quantitative estimate of drug-likeness (QED) is 0.622. The molecule has 0 unspecified atom stereocenters. The van der Waals surface area contributed by atoms with Crippen molar-refractivity contribution in [2.24, 2.45) is 11.8 Å². The summed E-state index contributed by atoms with van der Waals surface area (Å²) < 4.78 is 10.2. The highest BCUT2D eigenvalue weighted by molar-refractivity contribution is 5.78. The van der Waals surface area contributed by atoms with Crippen LogP contribution in [0.25, 0.3) is 0 Å². The van der Waals surface area contributed by atoms with E-state index in [-0.39, 0.29) is 5.92 Å². The number of rotatable bonds is 10. The summed E-state index contributed by atoms with van der Waals surface area (Å²) in [6.45, 7) is 4.80. The van der Waals surface area contributed by atoms with Crippen LogP contribution in [0.2, 0.25) is 0 Å². The molecule has 21 heavy (non-hydrogen) atoms. The van der Waals surface area contributed by atoms with Gasteiger partial charge < -0.3 is 14.4 Å². The monoisotopic (exact) mass is 299 g/mol. The van der Waals surface area contributed by atoms with Crippen LogP contribution in [0.15, 0.2) is 0 Å². The van der Waals surface area contributed by atoms with E-state index in [2.05, 4.69) is 6.92 Å². The van der Waals surface area contributed by atoms with Crippen molar-refractivity contribution < 1.29 is 14.3 Å². The first-order chi connectivity index (χ1) is 10.2. The molecule has 4 heteroatoms. The summed E-state index contributed by atoms with van der Waals surface area (Å²) in [6.07, 6.45) is 8.51. The van der Waals surface area contributed by atoms with Crippen LogP contribution in [0.3, 0.4) is 0 Å². The van der Waals surface area contributed by atoms with Gasteiger partial charge in [0.25, 0.3) is 0 Å². The minimum absolute atomic E-state index is 0.219. The molecule has 0 saturated heterocycles. The minimum Gasteiger partial charge on any atom is -0.383 e. The summed E-state index contributed by atoms with van der Waals surface area (Å²) in [4.78, 5) is 14.6. The molecule has 1 amide bonds. The molecule has 0 bridgehead atoms. The molecule has 1 saturated carbocycles. The summed E-state index contributed by atoms with van der Waals surface area (Å²) in [5.74, 6) is 1.37. The van der Waals surface area contributed by atoms with Gasteiger partial charge in [0.05, 0.1) is 13.2 Å². The van der Waals surface area contributed by atoms with E-state index in [1.165, 1.54) is 32.1 Å². The number of hydrogen-bond acceptors (Lipinski definition) is 3. The lowest BCUT2D eigenvalue weighted by Gasteiger charge is -2.32. The molecule has 0 radical (unpaired) electrons. The Morgan fingerprint density at radius 1 is 1.05 bits per heavy atom. The van der Waals surface area contributed by atoms with Crippen LogP contribution in [0, 0.1) is 11.8 Å². The molecular formula is C17H33NO3. The number of unbranched alkanes of at least 4 members (excludes halogenated alkanes) is 1. The van der Waals surface area contributed by atoms with Gasteiger partial charge in [-0.05, 0) is 31.6 Å². The Morgan fingerprint density at radius 2 is 1.62 bits per heavy atom. The normalized spacial score (nSPS) is 22.2. The molecule has 0 aliphatic heterocycles. The lowest BCUT2D eigenvalue weighted by molar-refractivity contribution is -0.138. The molecule has 4 nitrogen and oxygen atoms in total. The maximum Gasteiger partial charge on any atom is 0.225 e. The van der Waals surface area contributed by atoms with Gasteiger partial charge in [-0.2, -0.15) is 0 Å². The third-order valence-electron chi connectivity index (χ3n) is 4.60. The van der Waals surface area contributed by atoms with E-state index in [9.17, 15) is 4.79 Å². The number of hydrogen-bond donors (Lipinski definition) is 0. The van der Waals surface area contributed by atoms with Crippen molar-refractivity contribution in [2.75, 3.05) is 40.5 Å². The second-order valence-corrected chi connectivity index (χ2v) is 6.17. The van der Waals surface area contributed by atoms with Crippen LogP contribution < -0.4 is 0 Å². The molecule has 1 aliphatic rings. The molecule has 124 valence electrons. The molecule has 0 N–H and O–H groups in total. The molecule has 1 rings (SSSR count). The summed E-state index contributed by atoms with van der Waals surface area (Å²) in [6, 6.07) is 0. The van der Waals surface area contributed by atoms with Crippen molar-refractivity contribution in [2.45, 2.75) is 51.9 Å². The van der Waals surface area contributed by atoms with Crippen LogP contribution in [-0.2, 0) is 14.3 Å². The topological polar surface area (TPSA) is 38.8 Å². The van der Waals surface area contributed by atoms with E-state index < -0.39 is 0 Å². The van der Waals surface area contributed by atoms with Gasteiger partial charge in [0.1, 0.15) is 0 Å². The molecule has 0 atom stereocenters. The number of ether oxygens (including phenoxy) is 2. The van der Waals surface area contributed by atoms with Crippen molar-refractivity contribution in [3.05, 3.63) is 0 Å². The lowest BCUT2D eigenvalue weighted by atomic mass is 9.79. The van der Waals surface area contributed by atoms with E-state index >= 15 is 0 Å². The van der Waals surface area contributed by atoms with Gasteiger partial charge in [-0.15, -0.1) is 0 Å². The Kier molecular flexibility index (Phi) is 9.68. The molecular weight excluding hydrogens is 266 g/mol. The van der Waals surface area contributed by atoms with E-state index in [4.69, 9.17) is 9.47 Å². The fourth-order valence-electron chi connectivity index (χ4n) is 3.18. The molecule has 0 aromatic heterocycles. The maximum absolute atomic E-state index is 12.6. The molecule has 0 aromatic rings. The number of amides is 1. The first kappa shape index (κ1) is 18.4. The Morgan fingerprint density at radius 3 is 2.10 bits per heavy atom. The predicted octanol–water partition coefficient (Wildman–Crippen LogP) is 3.10. The highest BCUT2D eigenvalue weighted by Crippen LogP contribution is 2.32. The zero-order valence-corrected chi connectivity index (χ0v) is 14.1. The number of carbonyl (C=O) groups excluding carboxylic acids is 1. The number of carbonyl (C=O) groups is 1. The highest BCUT2D eigenvalue weighted by Gasteiger charge is 2.28. The van der Waals surface area contributed by atoms with Crippen molar-refractivity contribution in [3.8, 4) is 0 Å². The average Bonchev–Trinajstić information content (AvgIpc) is 2.53. The number of methoxy groups -OCH3 is 2. The van der Waals surface area contributed by atoms with E-state index in [1.807, 2.05) is 4.90 Å². The third-order valence-corrected chi connectivity index (χ3v) is 4.60. The zero-order valence-electron chi connectivity index (χ0n) is 14.1. The van der Waals surface area contributed by atoms with Gasteiger partial charge in [-0.1, -0.05) is 26.2 Å². The van der Waals surface area contributed by atoms with Crippen molar-refractivity contribution in [1.82, 2.24) is 4.90 Å². The molecule has 0 heterocycles. The Balaban J connectivity index is 2.40. The zero-order chi connectivity index (χ0) is 15.5. The minimum atomic E-state index is 0.219. The Labute approximate surface area is 130 Å². The average molecular weight is 299 g/mol. The van der Waals surface area contributed by atoms with E-state index in [0.29, 0.717) is 32.2 Å². The van der Waals surface area contributed by atoms with Crippen LogP contribution >= 0.6 is 0 Å². The highest BCUT2D eigenvalue weighted by atomic mass is 16.5. The van der Waals surface area contributed by atoms with Gasteiger partial charge >= 0.3 is 0 Å². The molecule has 1 aliphatic carbocycles. The van der Waals surface area contributed by atoms with Crippen molar-refractivity contribution in [1.29, 1.82) is 0 Å². The van der Waals surface area contributed by atoms with Crippen LogP contribution in [0.5, 0.6) is 0 Å². The van der Waals surface area contributed by atoms with Crippen LogP contribution in [0.1, 0.15) is 51.9 Å². The Hall–Kier alpha value is -0.610. The smallest absolute Gasteiger partial charge is 0.225 e. The van der Waals surface area contributed by atoms with E-state index in [0.717, 1.165) is 18.8 Å². The van der Waals surface area contributed by atoms with Crippen molar-refractivity contribution in [3.63, 3.8) is 0 Å². The van der Waals surface area contributed by atoms with Gasteiger partial charge in [0.2, 0.25) is 5.91 Å². The van der Waals surface area contributed by atoms with Gasteiger partial charge in [-0.3, -0.25) is 4.79 Å². The fourth-order valence-corrected chi connectivity index (χ4v) is 3.18. The summed E-state index contributed by atoms with van der Waals surface area (Å²) in [5.41, 5.74) is 0. The van der Waals surface area contributed by atoms with Gasteiger partial charge in [0, 0.05) is 33.2 Å². The van der Waals surface area contributed by atoms with Gasteiger partial charge in [0.15, 0.2) is 0 Å². The summed E-state index contributed by atoms with van der Waals surface area (Å²) in [5, 5.41) is 0. The van der Waals surface area contributed by atoms with Crippen molar-refractivity contribution >= 4 is 5.91 Å². The largest absolute Gasteiger partial charge is 0.383 e. The van der Waals surface area contributed by atoms with E-state index in [1.54, 1.807) is 14.2 Å². The molecule has 0 spiro atoms. The SMILES string of the molecule is CCCCC1CCC(C(=O)N(CCOC)CCOC)CC1. The maximum atomic E-state index is 12.6. The second-order valence-electron chi connectivity index (χ2n) is 6.17.